The maximum atomic E-state index is 11.6. The molecule has 1 fully saturated rings. The van der Waals surface area contributed by atoms with Gasteiger partial charge in [-0.3, -0.25) is 0 Å². The second-order valence-electron chi connectivity index (χ2n) is 5.11. The Balaban J connectivity index is 1.79. The van der Waals surface area contributed by atoms with Gasteiger partial charge in [0.1, 0.15) is 17.7 Å². The van der Waals surface area contributed by atoms with E-state index in [4.69, 9.17) is 13.9 Å². The van der Waals surface area contributed by atoms with E-state index in [2.05, 4.69) is 9.88 Å². The average Bonchev–Trinajstić information content (AvgIpc) is 3.09. The number of carbonyl (C=O) groups excluding carboxylic acids is 1. The Morgan fingerprint density at radius 3 is 2.95 bits per heavy atom. The molecule has 1 aliphatic heterocycles. The van der Waals surface area contributed by atoms with Crippen molar-refractivity contribution in [2.75, 3.05) is 31.7 Å². The first-order valence-corrected chi connectivity index (χ1v) is 7.15. The van der Waals surface area contributed by atoms with Gasteiger partial charge in [0.2, 0.25) is 0 Å². The van der Waals surface area contributed by atoms with Gasteiger partial charge in [0.25, 0.3) is 0 Å². The molecule has 3 heterocycles. The molecule has 0 aromatic carbocycles. The number of aromatic nitrogens is 1. The van der Waals surface area contributed by atoms with Crippen LogP contribution in [0, 0.1) is 6.92 Å². The van der Waals surface area contributed by atoms with E-state index < -0.39 is 0 Å². The first kappa shape index (κ1) is 14.6. The minimum Gasteiger partial charge on any atom is -0.467 e. The predicted octanol–water partition coefficient (Wildman–Crippen LogP) is 2.35. The van der Waals surface area contributed by atoms with Crippen molar-refractivity contribution in [2.45, 2.75) is 13.0 Å². The Kier molecular flexibility index (Phi) is 4.11. The number of nitrogens with zero attached hydrogens (tertiary/aromatic N) is 2. The molecule has 1 unspecified atom stereocenters. The summed E-state index contributed by atoms with van der Waals surface area (Å²) in [5.74, 6) is 1.27. The molecular formula is C16H18N2O4. The Hall–Kier alpha value is -2.34. The molecule has 1 saturated heterocycles. The lowest BCUT2D eigenvalue weighted by molar-refractivity contribution is 0.0255. The number of methoxy groups -OCH3 is 1. The smallest absolute Gasteiger partial charge is 0.339 e. The van der Waals surface area contributed by atoms with E-state index in [1.54, 1.807) is 19.3 Å². The summed E-state index contributed by atoms with van der Waals surface area (Å²) in [7, 11) is 1.37. The first-order chi connectivity index (χ1) is 10.7. The van der Waals surface area contributed by atoms with Gasteiger partial charge in [-0.25, -0.2) is 9.78 Å². The first-order valence-electron chi connectivity index (χ1n) is 7.15. The summed E-state index contributed by atoms with van der Waals surface area (Å²) in [6, 6.07) is 7.35. The summed E-state index contributed by atoms with van der Waals surface area (Å²) in [5.41, 5.74) is 1.15. The zero-order valence-electron chi connectivity index (χ0n) is 12.6. The number of anilines is 1. The molecule has 1 aliphatic rings. The molecule has 0 saturated carbocycles. The summed E-state index contributed by atoms with van der Waals surface area (Å²) in [4.78, 5) is 18.3. The van der Waals surface area contributed by atoms with Gasteiger partial charge < -0.3 is 18.8 Å². The number of pyridine rings is 1. The molecule has 0 amide bonds. The number of ether oxygens (including phenoxy) is 2. The second kappa shape index (κ2) is 6.19. The number of furan rings is 1. The molecular weight excluding hydrogens is 284 g/mol. The lowest BCUT2D eigenvalue weighted by Gasteiger charge is -2.33. The van der Waals surface area contributed by atoms with Crippen LogP contribution in [0.2, 0.25) is 0 Å². The van der Waals surface area contributed by atoms with Crippen LogP contribution >= 0.6 is 0 Å². The Morgan fingerprint density at radius 1 is 1.41 bits per heavy atom. The zero-order valence-corrected chi connectivity index (χ0v) is 12.6. The molecule has 0 N–H and O–H groups in total. The van der Waals surface area contributed by atoms with Crippen LogP contribution in [-0.4, -0.2) is 37.8 Å². The number of hydrogen-bond acceptors (Lipinski definition) is 6. The van der Waals surface area contributed by atoms with Crippen molar-refractivity contribution in [3.8, 4) is 0 Å². The van der Waals surface area contributed by atoms with E-state index in [9.17, 15) is 4.79 Å². The topological polar surface area (TPSA) is 64.8 Å². The van der Waals surface area contributed by atoms with Gasteiger partial charge in [0.05, 0.1) is 37.8 Å². The van der Waals surface area contributed by atoms with Crippen molar-refractivity contribution in [3.63, 3.8) is 0 Å². The minimum atomic E-state index is -0.369. The van der Waals surface area contributed by atoms with E-state index >= 15 is 0 Å². The Bertz CT molecular complexity index is 654. The van der Waals surface area contributed by atoms with Gasteiger partial charge in [-0.2, -0.15) is 0 Å². The molecule has 2 aromatic rings. The van der Waals surface area contributed by atoms with Crippen LogP contribution < -0.4 is 4.90 Å². The summed E-state index contributed by atoms with van der Waals surface area (Å²) < 4.78 is 15.9. The van der Waals surface area contributed by atoms with Gasteiger partial charge in [-0.05, 0) is 31.2 Å². The van der Waals surface area contributed by atoms with Gasteiger partial charge in [0.15, 0.2) is 0 Å². The molecule has 0 aliphatic carbocycles. The quantitative estimate of drug-likeness (QED) is 0.811. The van der Waals surface area contributed by atoms with Gasteiger partial charge >= 0.3 is 5.97 Å². The lowest BCUT2D eigenvalue weighted by Crippen LogP contribution is -2.38. The van der Waals surface area contributed by atoms with Crippen LogP contribution in [0.25, 0.3) is 0 Å². The highest BCUT2D eigenvalue weighted by Crippen LogP contribution is 2.26. The summed E-state index contributed by atoms with van der Waals surface area (Å²) >= 11 is 0. The standard InChI is InChI=1S/C16H18N2O4/c1-11-12(16(19)20-2)5-6-15(17-11)18-7-9-22-14(10-18)13-4-3-8-21-13/h3-6,8,14H,7,9-10H2,1-2H3. The van der Waals surface area contributed by atoms with Crippen LogP contribution in [-0.2, 0) is 9.47 Å². The van der Waals surface area contributed by atoms with Crippen LogP contribution in [0.5, 0.6) is 0 Å². The summed E-state index contributed by atoms with van der Waals surface area (Å²) in [6.45, 7) is 3.82. The predicted molar refractivity (Wildman–Crippen MR) is 79.9 cm³/mol. The second-order valence-corrected chi connectivity index (χ2v) is 5.11. The number of rotatable bonds is 3. The largest absolute Gasteiger partial charge is 0.467 e. The molecule has 22 heavy (non-hydrogen) atoms. The molecule has 6 heteroatoms. The molecule has 2 aromatic heterocycles. The fraction of sp³-hybridized carbons (Fsp3) is 0.375. The van der Waals surface area contributed by atoms with Crippen LogP contribution in [0.1, 0.15) is 27.9 Å². The summed E-state index contributed by atoms with van der Waals surface area (Å²) in [5, 5.41) is 0. The molecule has 0 spiro atoms. The number of esters is 1. The van der Waals surface area contributed by atoms with E-state index in [0.29, 0.717) is 24.4 Å². The third-order valence-corrected chi connectivity index (χ3v) is 3.73. The van der Waals surface area contributed by atoms with Crippen LogP contribution in [0.15, 0.2) is 34.9 Å². The van der Waals surface area contributed by atoms with Gasteiger partial charge in [0, 0.05) is 6.54 Å². The highest BCUT2D eigenvalue weighted by molar-refractivity contribution is 5.90. The SMILES string of the molecule is COC(=O)c1ccc(N2CCOC(c3ccco3)C2)nc1C. The number of carbonyl (C=O) groups is 1. The van der Waals surface area contributed by atoms with Gasteiger partial charge in [-0.1, -0.05) is 0 Å². The maximum absolute atomic E-state index is 11.6. The van der Waals surface area contributed by atoms with E-state index in [1.165, 1.54) is 7.11 Å². The normalized spacial score (nSPS) is 18.3. The van der Waals surface area contributed by atoms with Crippen molar-refractivity contribution >= 4 is 11.8 Å². The minimum absolute atomic E-state index is 0.105. The van der Waals surface area contributed by atoms with Crippen LogP contribution in [0.4, 0.5) is 5.82 Å². The molecule has 1 atom stereocenters. The van der Waals surface area contributed by atoms with Crippen molar-refractivity contribution in [2.24, 2.45) is 0 Å². The highest BCUT2D eigenvalue weighted by atomic mass is 16.5. The summed E-state index contributed by atoms with van der Waals surface area (Å²) in [6.07, 6.45) is 1.54. The lowest BCUT2D eigenvalue weighted by atomic mass is 10.2. The Labute approximate surface area is 128 Å². The zero-order chi connectivity index (χ0) is 15.5. The van der Waals surface area contributed by atoms with E-state index in [0.717, 1.165) is 18.1 Å². The molecule has 3 rings (SSSR count). The fourth-order valence-corrected chi connectivity index (χ4v) is 2.55. The monoisotopic (exact) mass is 302 g/mol. The Morgan fingerprint density at radius 2 is 2.27 bits per heavy atom. The number of hydrogen-bond donors (Lipinski definition) is 0. The van der Waals surface area contributed by atoms with Crippen LogP contribution in [0.3, 0.4) is 0 Å². The fourth-order valence-electron chi connectivity index (χ4n) is 2.55. The van der Waals surface area contributed by atoms with Crippen molar-refractivity contribution in [1.29, 1.82) is 0 Å². The van der Waals surface area contributed by atoms with Gasteiger partial charge in [-0.15, -0.1) is 0 Å². The third-order valence-electron chi connectivity index (χ3n) is 3.73. The van der Waals surface area contributed by atoms with E-state index in [-0.39, 0.29) is 12.1 Å². The average molecular weight is 302 g/mol. The maximum Gasteiger partial charge on any atom is 0.339 e. The molecule has 6 nitrogen and oxygen atoms in total. The van der Waals surface area contributed by atoms with E-state index in [1.807, 2.05) is 18.2 Å². The van der Waals surface area contributed by atoms with Crippen molar-refractivity contribution in [3.05, 3.63) is 47.5 Å². The molecule has 0 bridgehead atoms. The number of aryl methyl sites for hydroxylation is 1. The molecule has 0 radical (unpaired) electrons. The highest BCUT2D eigenvalue weighted by Gasteiger charge is 2.25. The molecule has 116 valence electrons. The van der Waals surface area contributed by atoms with Crippen molar-refractivity contribution < 1.29 is 18.7 Å². The van der Waals surface area contributed by atoms with Crippen molar-refractivity contribution in [1.82, 2.24) is 4.98 Å². The number of morpholine rings is 1. The third kappa shape index (κ3) is 2.82.